The fraction of sp³-hybridized carbons (Fsp3) is 0.833. The predicted molar refractivity (Wildman–Crippen MR) is 39.6 cm³/mol. The molecule has 0 heterocycles. The molecule has 58 valence electrons. The lowest BCUT2D eigenvalue weighted by Gasteiger charge is -2.05. The summed E-state index contributed by atoms with van der Waals surface area (Å²) in [5.41, 5.74) is -0.297. The summed E-state index contributed by atoms with van der Waals surface area (Å²) in [5, 5.41) is 8.53. The molecule has 1 aliphatic carbocycles. The monoisotopic (exact) mass is 182 g/mol. The molecule has 1 saturated carbocycles. The molecule has 0 aromatic rings. The molecule has 0 aromatic carbocycles. The second-order valence-electron chi connectivity index (χ2n) is 2.72. The van der Waals surface area contributed by atoms with Crippen molar-refractivity contribution in [3.8, 4) is 0 Å². The van der Waals surface area contributed by atoms with Crippen LogP contribution in [0.4, 0.5) is 0 Å². The maximum atomic E-state index is 10.4. The molecule has 1 atom stereocenters. The number of carbonyl (C=O) groups is 1. The number of aliphatic carboxylic acids is 1. The molecular formula is C6H8Cl2O2. The average molecular weight is 183 g/mol. The van der Waals surface area contributed by atoms with Crippen LogP contribution in [0, 0.1) is 11.3 Å². The molecule has 0 unspecified atom stereocenters. The van der Waals surface area contributed by atoms with Crippen LogP contribution in [0.2, 0.25) is 0 Å². The minimum atomic E-state index is -0.777. The van der Waals surface area contributed by atoms with Gasteiger partial charge in [-0.1, -0.05) is 0 Å². The van der Waals surface area contributed by atoms with Crippen LogP contribution in [-0.2, 0) is 4.79 Å². The van der Waals surface area contributed by atoms with E-state index in [2.05, 4.69) is 0 Å². The van der Waals surface area contributed by atoms with Crippen molar-refractivity contribution in [3.05, 3.63) is 0 Å². The second kappa shape index (κ2) is 2.59. The minimum absolute atomic E-state index is 0.297. The van der Waals surface area contributed by atoms with Crippen molar-refractivity contribution in [2.75, 3.05) is 11.8 Å². The highest BCUT2D eigenvalue weighted by atomic mass is 35.5. The Balaban J connectivity index is 2.53. The Morgan fingerprint density at radius 1 is 1.60 bits per heavy atom. The van der Waals surface area contributed by atoms with Gasteiger partial charge in [-0.25, -0.2) is 0 Å². The molecule has 0 saturated heterocycles. The highest BCUT2D eigenvalue weighted by molar-refractivity contribution is 6.22. The van der Waals surface area contributed by atoms with Crippen LogP contribution in [0.1, 0.15) is 6.42 Å². The lowest BCUT2D eigenvalue weighted by molar-refractivity contribution is -0.139. The topological polar surface area (TPSA) is 37.3 Å². The Kier molecular flexibility index (Phi) is 2.11. The van der Waals surface area contributed by atoms with Gasteiger partial charge in [0.2, 0.25) is 0 Å². The summed E-state index contributed by atoms with van der Waals surface area (Å²) in [7, 11) is 0. The molecule has 2 nitrogen and oxygen atoms in total. The van der Waals surface area contributed by atoms with E-state index in [0.717, 1.165) is 0 Å². The third-order valence-corrected chi connectivity index (χ3v) is 3.08. The first-order valence-electron chi connectivity index (χ1n) is 3.01. The summed E-state index contributed by atoms with van der Waals surface area (Å²) in [5.74, 6) is -0.371. The van der Waals surface area contributed by atoms with E-state index in [-0.39, 0.29) is 11.3 Å². The van der Waals surface area contributed by atoms with Crippen LogP contribution in [0.15, 0.2) is 0 Å². The van der Waals surface area contributed by atoms with E-state index in [0.29, 0.717) is 18.2 Å². The zero-order chi connectivity index (χ0) is 7.78. The second-order valence-corrected chi connectivity index (χ2v) is 3.26. The van der Waals surface area contributed by atoms with Gasteiger partial charge in [-0.2, -0.15) is 0 Å². The van der Waals surface area contributed by atoms with Crippen LogP contribution >= 0.6 is 23.2 Å². The molecule has 1 N–H and O–H groups in total. The summed E-state index contributed by atoms with van der Waals surface area (Å²) >= 11 is 11.1. The van der Waals surface area contributed by atoms with E-state index in [9.17, 15) is 4.79 Å². The van der Waals surface area contributed by atoms with Crippen molar-refractivity contribution in [1.82, 2.24) is 0 Å². The van der Waals surface area contributed by atoms with Gasteiger partial charge in [-0.3, -0.25) is 4.79 Å². The average Bonchev–Trinajstić information content (AvgIpc) is 2.63. The van der Waals surface area contributed by atoms with E-state index in [1.165, 1.54) is 0 Å². The molecule has 0 aromatic heterocycles. The Morgan fingerprint density at radius 2 is 2.10 bits per heavy atom. The summed E-state index contributed by atoms with van der Waals surface area (Å²) in [6.07, 6.45) is 0.634. The molecule has 10 heavy (non-hydrogen) atoms. The maximum absolute atomic E-state index is 10.4. The van der Waals surface area contributed by atoms with Crippen molar-refractivity contribution < 1.29 is 9.90 Å². The van der Waals surface area contributed by atoms with E-state index in [4.69, 9.17) is 28.3 Å². The third-order valence-electron chi connectivity index (χ3n) is 2.02. The molecule has 0 spiro atoms. The molecule has 0 amide bonds. The highest BCUT2D eigenvalue weighted by Gasteiger charge is 2.57. The highest BCUT2D eigenvalue weighted by Crippen LogP contribution is 2.54. The quantitative estimate of drug-likeness (QED) is 0.674. The molecule has 0 bridgehead atoms. The van der Waals surface area contributed by atoms with Gasteiger partial charge < -0.3 is 5.11 Å². The number of rotatable bonds is 3. The number of hydrogen-bond acceptors (Lipinski definition) is 1. The molecular weight excluding hydrogens is 175 g/mol. The van der Waals surface area contributed by atoms with Crippen LogP contribution in [-0.4, -0.2) is 22.8 Å². The smallest absolute Gasteiger partial charge is 0.307 e. The standard InChI is InChI=1S/C6H8Cl2O2/c7-2-6(3-8)1-4(6)5(9)10/h4H,1-3H2,(H,9,10)/t4-/m0/s1. The van der Waals surface area contributed by atoms with Gasteiger partial charge >= 0.3 is 5.97 Å². The molecule has 1 rings (SSSR count). The number of alkyl halides is 2. The van der Waals surface area contributed by atoms with Crippen molar-refractivity contribution in [3.63, 3.8) is 0 Å². The van der Waals surface area contributed by atoms with Crippen molar-refractivity contribution in [2.24, 2.45) is 11.3 Å². The number of carboxylic acid groups (broad SMARTS) is 1. The molecule has 4 heteroatoms. The number of hydrogen-bond donors (Lipinski definition) is 1. The van der Waals surface area contributed by atoms with Crippen molar-refractivity contribution >= 4 is 29.2 Å². The zero-order valence-electron chi connectivity index (χ0n) is 5.31. The Labute approximate surface area is 69.1 Å². The first-order valence-corrected chi connectivity index (χ1v) is 4.08. The predicted octanol–water partition coefficient (Wildman–Crippen LogP) is 1.55. The molecule has 0 radical (unpaired) electrons. The fourth-order valence-electron chi connectivity index (χ4n) is 1.03. The van der Waals surface area contributed by atoms with Gasteiger partial charge in [-0.05, 0) is 6.42 Å². The minimum Gasteiger partial charge on any atom is -0.481 e. The summed E-state index contributed by atoms with van der Waals surface area (Å²) in [6, 6.07) is 0. The van der Waals surface area contributed by atoms with Gasteiger partial charge in [0.25, 0.3) is 0 Å². The first kappa shape index (κ1) is 8.15. The van der Waals surface area contributed by atoms with E-state index < -0.39 is 5.97 Å². The molecule has 0 aliphatic heterocycles. The van der Waals surface area contributed by atoms with Crippen LogP contribution < -0.4 is 0 Å². The van der Waals surface area contributed by atoms with E-state index in [1.807, 2.05) is 0 Å². The largest absolute Gasteiger partial charge is 0.481 e. The van der Waals surface area contributed by atoms with Crippen molar-refractivity contribution in [1.29, 1.82) is 0 Å². The zero-order valence-corrected chi connectivity index (χ0v) is 6.82. The Bertz CT molecular complexity index is 154. The summed E-state index contributed by atoms with van der Waals surface area (Å²) < 4.78 is 0. The normalized spacial score (nSPS) is 28.0. The third kappa shape index (κ3) is 1.10. The van der Waals surface area contributed by atoms with E-state index >= 15 is 0 Å². The molecule has 1 fully saturated rings. The number of carboxylic acids is 1. The van der Waals surface area contributed by atoms with Gasteiger partial charge in [-0.15, -0.1) is 23.2 Å². The van der Waals surface area contributed by atoms with Crippen LogP contribution in [0.5, 0.6) is 0 Å². The molecule has 1 aliphatic rings. The van der Waals surface area contributed by atoms with E-state index in [1.54, 1.807) is 0 Å². The maximum Gasteiger partial charge on any atom is 0.307 e. The lowest BCUT2D eigenvalue weighted by atomic mass is 10.1. The SMILES string of the molecule is O=C(O)[C@@H]1CC1(CCl)CCl. The fourth-order valence-corrected chi connectivity index (χ4v) is 1.90. The lowest BCUT2D eigenvalue weighted by Crippen LogP contribution is -2.13. The summed E-state index contributed by atoms with van der Waals surface area (Å²) in [4.78, 5) is 10.4. The van der Waals surface area contributed by atoms with Crippen molar-refractivity contribution in [2.45, 2.75) is 6.42 Å². The number of halogens is 2. The van der Waals surface area contributed by atoms with Gasteiger partial charge in [0.05, 0.1) is 5.92 Å². The van der Waals surface area contributed by atoms with Gasteiger partial charge in [0, 0.05) is 17.2 Å². The van der Waals surface area contributed by atoms with Crippen LogP contribution in [0.25, 0.3) is 0 Å². The van der Waals surface area contributed by atoms with Gasteiger partial charge in [0.1, 0.15) is 0 Å². The van der Waals surface area contributed by atoms with Crippen LogP contribution in [0.3, 0.4) is 0 Å². The summed E-state index contributed by atoms with van der Waals surface area (Å²) in [6.45, 7) is 0. The Hall–Kier alpha value is 0.0500. The first-order chi connectivity index (χ1) is 4.66. The Morgan fingerprint density at radius 3 is 2.20 bits per heavy atom. The van der Waals surface area contributed by atoms with Gasteiger partial charge in [0.15, 0.2) is 0 Å².